The highest BCUT2D eigenvalue weighted by Gasteiger charge is 2.02. The maximum atomic E-state index is 3.92. The van der Waals surface area contributed by atoms with Crippen LogP contribution in [0.25, 0.3) is 0 Å². The zero-order valence-electron chi connectivity index (χ0n) is 20.3. The van der Waals surface area contributed by atoms with Crippen molar-refractivity contribution in [1.29, 1.82) is 0 Å². The van der Waals surface area contributed by atoms with E-state index in [4.69, 9.17) is 0 Å². The fourth-order valence-electron chi connectivity index (χ4n) is 4.08. The molecule has 0 aromatic heterocycles. The van der Waals surface area contributed by atoms with E-state index in [1.807, 2.05) is 0 Å². The molecule has 0 heterocycles. The van der Waals surface area contributed by atoms with Gasteiger partial charge in [0.05, 0.1) is 0 Å². The van der Waals surface area contributed by atoms with Crippen LogP contribution >= 0.6 is 0 Å². The van der Waals surface area contributed by atoms with Gasteiger partial charge in [-0.25, -0.2) is 0 Å². The predicted octanol–water partition coefficient (Wildman–Crippen LogP) is 10.3. The summed E-state index contributed by atoms with van der Waals surface area (Å²) >= 11 is 0. The lowest BCUT2D eigenvalue weighted by molar-refractivity contribution is 0.431. The smallest absolute Gasteiger partial charge is 0.00886 e. The minimum atomic E-state index is 0.948. The van der Waals surface area contributed by atoms with E-state index < -0.39 is 0 Å². The van der Waals surface area contributed by atoms with Gasteiger partial charge in [-0.15, -0.1) is 11.8 Å². The standard InChI is InChI=1S/C29H54/c1-4-6-8-10-12-13-14-15-16-17-18-19-20-21-22-24-26-28-29(3)27-25-23-11-9-7-5-2/h29H,1-2,4-7,9,11-28H2,3H3. The van der Waals surface area contributed by atoms with Gasteiger partial charge in [-0.1, -0.05) is 143 Å². The van der Waals surface area contributed by atoms with Gasteiger partial charge in [-0.2, -0.15) is 0 Å². The van der Waals surface area contributed by atoms with E-state index in [-0.39, 0.29) is 0 Å². The second-order valence-electron chi connectivity index (χ2n) is 9.25. The van der Waals surface area contributed by atoms with Crippen LogP contribution in [0.3, 0.4) is 0 Å². The van der Waals surface area contributed by atoms with Gasteiger partial charge in [0.2, 0.25) is 0 Å². The SMILES string of the molecule is [CH2]CCC#CCCCCCCCCCCCCCCC(C)CCCCCCC[CH2]. The first-order valence-electron chi connectivity index (χ1n) is 13.4. The summed E-state index contributed by atoms with van der Waals surface area (Å²) < 4.78 is 0. The van der Waals surface area contributed by atoms with Gasteiger partial charge in [0.15, 0.2) is 0 Å². The molecule has 0 aromatic carbocycles. The Balaban J connectivity index is 3.13. The van der Waals surface area contributed by atoms with Crippen molar-refractivity contribution in [2.24, 2.45) is 5.92 Å². The molecule has 29 heavy (non-hydrogen) atoms. The second kappa shape index (κ2) is 25.6. The Labute approximate surface area is 186 Å². The van der Waals surface area contributed by atoms with Crippen molar-refractivity contribution < 1.29 is 0 Å². The molecule has 0 aliphatic rings. The van der Waals surface area contributed by atoms with E-state index in [1.54, 1.807) is 0 Å². The Hall–Kier alpha value is -0.440. The van der Waals surface area contributed by atoms with E-state index in [9.17, 15) is 0 Å². The first-order valence-corrected chi connectivity index (χ1v) is 13.4. The third-order valence-electron chi connectivity index (χ3n) is 6.12. The lowest BCUT2D eigenvalue weighted by Gasteiger charge is -2.11. The van der Waals surface area contributed by atoms with Crippen molar-refractivity contribution in [2.45, 2.75) is 155 Å². The molecule has 0 rings (SSSR count). The summed E-state index contributed by atoms with van der Waals surface area (Å²) in [5.41, 5.74) is 0. The Morgan fingerprint density at radius 1 is 0.448 bits per heavy atom. The van der Waals surface area contributed by atoms with Gasteiger partial charge in [-0.05, 0) is 18.8 Å². The topological polar surface area (TPSA) is 0 Å². The van der Waals surface area contributed by atoms with Crippen molar-refractivity contribution in [1.82, 2.24) is 0 Å². The molecule has 1 atom stereocenters. The highest BCUT2D eigenvalue weighted by Crippen LogP contribution is 2.19. The zero-order valence-corrected chi connectivity index (χ0v) is 20.3. The molecule has 0 spiro atoms. The van der Waals surface area contributed by atoms with Gasteiger partial charge >= 0.3 is 0 Å². The third-order valence-corrected chi connectivity index (χ3v) is 6.12. The van der Waals surface area contributed by atoms with Crippen molar-refractivity contribution in [3.8, 4) is 11.8 Å². The quantitative estimate of drug-likeness (QED) is 0.125. The molecule has 0 saturated heterocycles. The predicted molar refractivity (Wildman–Crippen MR) is 134 cm³/mol. The first kappa shape index (κ1) is 28.6. The van der Waals surface area contributed by atoms with Crippen molar-refractivity contribution in [3.63, 3.8) is 0 Å². The molecule has 0 amide bonds. The molecule has 0 saturated carbocycles. The van der Waals surface area contributed by atoms with Crippen LogP contribution in [0.4, 0.5) is 0 Å². The van der Waals surface area contributed by atoms with Crippen LogP contribution in [-0.4, -0.2) is 0 Å². The van der Waals surface area contributed by atoms with Crippen LogP contribution in [0.5, 0.6) is 0 Å². The molecule has 0 heteroatoms. The number of hydrogen-bond acceptors (Lipinski definition) is 0. The molecule has 0 aliphatic carbocycles. The highest BCUT2D eigenvalue weighted by atomic mass is 14.1. The molecule has 0 aromatic rings. The molecule has 0 nitrogen and oxygen atoms in total. The lowest BCUT2D eigenvalue weighted by atomic mass is 9.96. The molecule has 1 unspecified atom stereocenters. The molecule has 0 aliphatic heterocycles. The van der Waals surface area contributed by atoms with Crippen LogP contribution in [-0.2, 0) is 0 Å². The van der Waals surface area contributed by atoms with Crippen molar-refractivity contribution in [2.75, 3.05) is 0 Å². The van der Waals surface area contributed by atoms with E-state index >= 15 is 0 Å². The molecular formula is C29H54. The van der Waals surface area contributed by atoms with E-state index in [0.717, 1.165) is 31.6 Å². The average Bonchev–Trinajstić information content (AvgIpc) is 2.73. The summed E-state index contributed by atoms with van der Waals surface area (Å²) in [5, 5.41) is 0. The molecule has 0 fully saturated rings. The normalized spacial score (nSPS) is 12.0. The summed E-state index contributed by atoms with van der Waals surface area (Å²) in [7, 11) is 0. The van der Waals surface area contributed by atoms with Crippen molar-refractivity contribution in [3.05, 3.63) is 13.8 Å². The summed E-state index contributed by atoms with van der Waals surface area (Å²) in [6.07, 6.45) is 31.2. The van der Waals surface area contributed by atoms with Gasteiger partial charge in [-0.3, -0.25) is 0 Å². The molecule has 0 N–H and O–H groups in total. The lowest BCUT2D eigenvalue weighted by Crippen LogP contribution is -1.95. The Morgan fingerprint density at radius 3 is 1.28 bits per heavy atom. The average molecular weight is 403 g/mol. The fraction of sp³-hybridized carbons (Fsp3) is 0.862. The van der Waals surface area contributed by atoms with Gasteiger partial charge < -0.3 is 0 Å². The van der Waals surface area contributed by atoms with Crippen LogP contribution in [0.15, 0.2) is 0 Å². The minimum Gasteiger partial charge on any atom is -0.103 e. The van der Waals surface area contributed by atoms with Crippen LogP contribution in [0.2, 0.25) is 0 Å². The molecule has 0 bridgehead atoms. The van der Waals surface area contributed by atoms with E-state index in [2.05, 4.69) is 32.6 Å². The second-order valence-corrected chi connectivity index (χ2v) is 9.25. The fourth-order valence-corrected chi connectivity index (χ4v) is 4.08. The molecule has 170 valence electrons. The van der Waals surface area contributed by atoms with Gasteiger partial charge in [0.1, 0.15) is 0 Å². The molecular weight excluding hydrogens is 348 g/mol. The summed E-state index contributed by atoms with van der Waals surface area (Å²) in [6, 6.07) is 0. The largest absolute Gasteiger partial charge is 0.103 e. The Morgan fingerprint density at radius 2 is 0.828 bits per heavy atom. The molecule has 2 radical (unpaired) electrons. The van der Waals surface area contributed by atoms with Crippen LogP contribution < -0.4 is 0 Å². The maximum absolute atomic E-state index is 3.92. The third kappa shape index (κ3) is 25.5. The summed E-state index contributed by atoms with van der Waals surface area (Å²) in [4.78, 5) is 0. The number of rotatable bonds is 22. The monoisotopic (exact) mass is 402 g/mol. The minimum absolute atomic E-state index is 0.948. The Kier molecular flexibility index (Phi) is 25.2. The van der Waals surface area contributed by atoms with Crippen LogP contribution in [0, 0.1) is 31.6 Å². The van der Waals surface area contributed by atoms with E-state index in [0.29, 0.717) is 0 Å². The zero-order chi connectivity index (χ0) is 21.3. The maximum Gasteiger partial charge on any atom is 0.00886 e. The summed E-state index contributed by atoms with van der Waals surface area (Å²) in [5.74, 6) is 7.39. The number of hydrogen-bond donors (Lipinski definition) is 0. The highest BCUT2D eigenvalue weighted by molar-refractivity contribution is 4.98. The summed E-state index contributed by atoms with van der Waals surface area (Å²) in [6.45, 7) is 10.2. The van der Waals surface area contributed by atoms with Gasteiger partial charge in [0, 0.05) is 12.8 Å². The van der Waals surface area contributed by atoms with E-state index in [1.165, 1.54) is 122 Å². The first-order chi connectivity index (χ1) is 14.3. The van der Waals surface area contributed by atoms with Crippen LogP contribution in [0.1, 0.15) is 155 Å². The van der Waals surface area contributed by atoms with Crippen molar-refractivity contribution >= 4 is 0 Å². The number of unbranched alkanes of at least 4 members (excludes halogenated alkanes) is 18. The van der Waals surface area contributed by atoms with Gasteiger partial charge in [0.25, 0.3) is 0 Å². The Bertz CT molecular complexity index is 345.